The van der Waals surface area contributed by atoms with Crippen molar-refractivity contribution in [3.8, 4) is 11.5 Å². The molecule has 0 radical (unpaired) electrons. The summed E-state index contributed by atoms with van der Waals surface area (Å²) in [6.45, 7) is 1.41. The van der Waals surface area contributed by atoms with E-state index < -0.39 is 0 Å². The van der Waals surface area contributed by atoms with Crippen LogP contribution in [0.15, 0.2) is 12.1 Å². The molecule has 8 heteroatoms. The van der Waals surface area contributed by atoms with Gasteiger partial charge in [-0.15, -0.1) is 12.4 Å². The van der Waals surface area contributed by atoms with Gasteiger partial charge in [-0.05, 0) is 25.7 Å². The highest BCUT2D eigenvalue weighted by molar-refractivity contribution is 5.96. The highest BCUT2D eigenvalue weighted by Gasteiger charge is 2.36. The zero-order valence-electron chi connectivity index (χ0n) is 13.8. The minimum atomic E-state index is -0.203. The molecule has 1 aliphatic carbocycles. The number of likely N-dealkylation sites (tertiary alicyclic amines) is 1. The molecule has 1 aromatic rings. The number of nitrogens with two attached hydrogens (primary N) is 1. The molecule has 136 valence electrons. The van der Waals surface area contributed by atoms with E-state index in [0.29, 0.717) is 29.4 Å². The number of nitrogens with zero attached hydrogens (tertiary/aromatic N) is 1. The van der Waals surface area contributed by atoms with Gasteiger partial charge >= 0.3 is 0 Å². The van der Waals surface area contributed by atoms with Gasteiger partial charge in [0.05, 0.1) is 17.3 Å². The standard InChI is InChI=1S/C17H21N3O4.ClH/c18-12-6-14-15(24-9-23-14)7-13(12)19-16(21)11-2-1-5-20(8-11)17(22)10-3-4-10;/h6-7,10-11H,1-5,8-9,18H2,(H,19,21);1H. The quantitative estimate of drug-likeness (QED) is 0.797. The van der Waals surface area contributed by atoms with Crippen LogP contribution >= 0.6 is 12.4 Å². The number of amides is 2. The Morgan fingerprint density at radius 2 is 1.84 bits per heavy atom. The predicted molar refractivity (Wildman–Crippen MR) is 94.9 cm³/mol. The van der Waals surface area contributed by atoms with Gasteiger partial charge in [0.25, 0.3) is 0 Å². The number of hydrogen-bond donors (Lipinski definition) is 2. The molecule has 0 aromatic heterocycles. The molecule has 2 heterocycles. The van der Waals surface area contributed by atoms with Gasteiger partial charge in [-0.1, -0.05) is 0 Å². The number of carbonyl (C=O) groups is 2. The second-order valence-corrected chi connectivity index (χ2v) is 6.68. The average Bonchev–Trinajstić information content (AvgIpc) is 3.34. The van der Waals surface area contributed by atoms with Crippen LogP contribution in [0, 0.1) is 11.8 Å². The Bertz CT molecular complexity index is 693. The van der Waals surface area contributed by atoms with E-state index in [1.165, 1.54) is 0 Å². The summed E-state index contributed by atoms with van der Waals surface area (Å²) in [6, 6.07) is 3.34. The van der Waals surface area contributed by atoms with Crippen molar-refractivity contribution in [1.82, 2.24) is 4.90 Å². The van der Waals surface area contributed by atoms with Crippen molar-refractivity contribution in [2.45, 2.75) is 25.7 Å². The Labute approximate surface area is 152 Å². The summed E-state index contributed by atoms with van der Waals surface area (Å²) in [5, 5.41) is 2.88. The SMILES string of the molecule is Cl.Nc1cc2c(cc1NC(=O)C1CCCN(C(=O)C3CC3)C1)OCO2. The average molecular weight is 368 g/mol. The maximum absolute atomic E-state index is 12.6. The first-order valence-corrected chi connectivity index (χ1v) is 8.40. The molecule has 3 N–H and O–H groups in total. The summed E-state index contributed by atoms with van der Waals surface area (Å²) >= 11 is 0. The van der Waals surface area contributed by atoms with Gasteiger partial charge in [0, 0.05) is 31.1 Å². The van der Waals surface area contributed by atoms with E-state index in [1.54, 1.807) is 12.1 Å². The summed E-state index contributed by atoms with van der Waals surface area (Å²) in [5.74, 6) is 1.25. The van der Waals surface area contributed by atoms with Gasteiger partial charge < -0.3 is 25.4 Å². The fraction of sp³-hybridized carbons (Fsp3) is 0.529. The number of fused-ring (bicyclic) bond motifs is 1. The van der Waals surface area contributed by atoms with E-state index >= 15 is 0 Å². The zero-order chi connectivity index (χ0) is 16.7. The van der Waals surface area contributed by atoms with Crippen molar-refractivity contribution in [3.63, 3.8) is 0 Å². The molecular formula is C17H22ClN3O4. The van der Waals surface area contributed by atoms with E-state index in [1.807, 2.05) is 4.90 Å². The molecule has 0 bridgehead atoms. The minimum absolute atomic E-state index is 0. The van der Waals surface area contributed by atoms with Crippen molar-refractivity contribution >= 4 is 35.6 Å². The summed E-state index contributed by atoms with van der Waals surface area (Å²) in [5.41, 5.74) is 6.94. The molecule has 2 aliphatic heterocycles. The largest absolute Gasteiger partial charge is 0.454 e. The van der Waals surface area contributed by atoms with Crippen LogP contribution in [0.5, 0.6) is 11.5 Å². The first-order valence-electron chi connectivity index (χ1n) is 8.40. The second-order valence-electron chi connectivity index (χ2n) is 6.68. The number of carbonyl (C=O) groups excluding carboxylic acids is 2. The highest BCUT2D eigenvalue weighted by atomic mass is 35.5. The van der Waals surface area contributed by atoms with Crippen LogP contribution in [0.3, 0.4) is 0 Å². The summed E-state index contributed by atoms with van der Waals surface area (Å²) in [4.78, 5) is 26.7. The lowest BCUT2D eigenvalue weighted by atomic mass is 9.96. The van der Waals surface area contributed by atoms with Gasteiger partial charge in [-0.25, -0.2) is 0 Å². The fourth-order valence-electron chi connectivity index (χ4n) is 3.28. The Morgan fingerprint density at radius 3 is 2.56 bits per heavy atom. The monoisotopic (exact) mass is 367 g/mol. The van der Waals surface area contributed by atoms with E-state index in [-0.39, 0.29) is 42.9 Å². The molecule has 1 unspecified atom stereocenters. The van der Waals surface area contributed by atoms with Crippen LogP contribution in [0.4, 0.5) is 11.4 Å². The van der Waals surface area contributed by atoms with Gasteiger partial charge in [0.1, 0.15) is 0 Å². The number of hydrogen-bond acceptors (Lipinski definition) is 5. The Balaban J connectivity index is 0.00000182. The van der Waals surface area contributed by atoms with E-state index in [2.05, 4.69) is 5.32 Å². The van der Waals surface area contributed by atoms with Crippen LogP contribution in [0.1, 0.15) is 25.7 Å². The fourth-order valence-corrected chi connectivity index (χ4v) is 3.28. The highest BCUT2D eigenvalue weighted by Crippen LogP contribution is 2.38. The van der Waals surface area contributed by atoms with Crippen LogP contribution in [-0.4, -0.2) is 36.6 Å². The molecule has 1 atom stereocenters. The summed E-state index contributed by atoms with van der Waals surface area (Å²) in [6.07, 6.45) is 3.61. The van der Waals surface area contributed by atoms with Crippen molar-refractivity contribution in [1.29, 1.82) is 0 Å². The molecule has 1 saturated heterocycles. The zero-order valence-corrected chi connectivity index (χ0v) is 14.6. The number of rotatable bonds is 3. The smallest absolute Gasteiger partial charge is 0.231 e. The number of piperidine rings is 1. The van der Waals surface area contributed by atoms with E-state index in [4.69, 9.17) is 15.2 Å². The Morgan fingerprint density at radius 1 is 1.12 bits per heavy atom. The molecule has 1 aromatic carbocycles. The molecule has 2 amide bonds. The van der Waals surface area contributed by atoms with Gasteiger partial charge in [-0.3, -0.25) is 9.59 Å². The van der Waals surface area contributed by atoms with Gasteiger partial charge in [0.15, 0.2) is 11.5 Å². The van der Waals surface area contributed by atoms with Crippen molar-refractivity contribution in [2.75, 3.05) is 30.9 Å². The normalized spacial score (nSPS) is 21.4. The second kappa shape index (κ2) is 7.00. The van der Waals surface area contributed by atoms with Crippen LogP contribution < -0.4 is 20.5 Å². The molecule has 4 rings (SSSR count). The number of nitrogen functional groups attached to an aromatic ring is 1. The maximum atomic E-state index is 12.6. The van der Waals surface area contributed by atoms with E-state index in [0.717, 1.165) is 32.2 Å². The van der Waals surface area contributed by atoms with E-state index in [9.17, 15) is 9.59 Å². The lowest BCUT2D eigenvalue weighted by molar-refractivity contribution is -0.135. The third-order valence-corrected chi connectivity index (χ3v) is 4.83. The minimum Gasteiger partial charge on any atom is -0.454 e. The number of benzene rings is 1. The lowest BCUT2D eigenvalue weighted by Crippen LogP contribution is -2.44. The van der Waals surface area contributed by atoms with Crippen molar-refractivity contribution in [3.05, 3.63) is 12.1 Å². The number of nitrogens with one attached hydrogen (secondary N) is 1. The predicted octanol–water partition coefficient (Wildman–Crippen LogP) is 2.01. The Hall–Kier alpha value is -2.15. The molecule has 0 spiro atoms. The van der Waals surface area contributed by atoms with Gasteiger partial charge in [-0.2, -0.15) is 0 Å². The molecular weight excluding hydrogens is 346 g/mol. The third kappa shape index (κ3) is 3.61. The third-order valence-electron chi connectivity index (χ3n) is 4.83. The first kappa shape index (κ1) is 17.7. The lowest BCUT2D eigenvalue weighted by Gasteiger charge is -2.32. The number of anilines is 2. The molecule has 7 nitrogen and oxygen atoms in total. The summed E-state index contributed by atoms with van der Waals surface area (Å²) < 4.78 is 10.6. The van der Waals surface area contributed by atoms with Gasteiger partial charge in [0.2, 0.25) is 18.6 Å². The van der Waals surface area contributed by atoms with Crippen molar-refractivity contribution in [2.24, 2.45) is 11.8 Å². The molecule has 25 heavy (non-hydrogen) atoms. The van der Waals surface area contributed by atoms with Crippen LogP contribution in [0.25, 0.3) is 0 Å². The molecule has 1 saturated carbocycles. The van der Waals surface area contributed by atoms with Crippen LogP contribution in [-0.2, 0) is 9.59 Å². The molecule has 2 fully saturated rings. The first-order chi connectivity index (χ1) is 11.6. The maximum Gasteiger partial charge on any atom is 0.231 e. The number of ether oxygens (including phenoxy) is 2. The topological polar surface area (TPSA) is 93.9 Å². The number of halogens is 1. The van der Waals surface area contributed by atoms with Crippen LogP contribution in [0.2, 0.25) is 0 Å². The molecule has 3 aliphatic rings. The Kier molecular flexibility index (Phi) is 4.94. The van der Waals surface area contributed by atoms with Crippen molar-refractivity contribution < 1.29 is 19.1 Å². The summed E-state index contributed by atoms with van der Waals surface area (Å²) in [7, 11) is 0.